The highest BCUT2D eigenvalue weighted by Crippen LogP contribution is 2.33. The third-order valence-corrected chi connectivity index (χ3v) is 5.22. The standard InChI is InChI=1S/C18H21N3O2S/c1-12(22)20-15(17-8-4-10-24-17)11-18(23)21-9-3-5-13-14(19)6-2-7-16(13)21/h2,4,6-8,10,15H,3,5,9,11,19H2,1H3,(H,20,22). The maximum Gasteiger partial charge on any atom is 0.229 e. The summed E-state index contributed by atoms with van der Waals surface area (Å²) in [5.41, 5.74) is 8.74. The van der Waals surface area contributed by atoms with Crippen molar-refractivity contribution < 1.29 is 9.59 Å². The zero-order valence-electron chi connectivity index (χ0n) is 13.6. The summed E-state index contributed by atoms with van der Waals surface area (Å²) in [4.78, 5) is 27.2. The number of carbonyl (C=O) groups is 2. The Morgan fingerprint density at radius 2 is 2.17 bits per heavy atom. The molecule has 1 aliphatic rings. The molecule has 2 aromatic rings. The third-order valence-electron chi connectivity index (χ3n) is 4.23. The molecule has 126 valence electrons. The largest absolute Gasteiger partial charge is 0.398 e. The number of amides is 2. The summed E-state index contributed by atoms with van der Waals surface area (Å²) in [5, 5.41) is 4.84. The summed E-state index contributed by atoms with van der Waals surface area (Å²) in [6.07, 6.45) is 2.04. The summed E-state index contributed by atoms with van der Waals surface area (Å²) in [7, 11) is 0. The van der Waals surface area contributed by atoms with Crippen LogP contribution in [-0.4, -0.2) is 18.4 Å². The number of carbonyl (C=O) groups excluding carboxylic acids is 2. The Balaban J connectivity index is 1.82. The SMILES string of the molecule is CC(=O)NC(CC(=O)N1CCCc2c(N)cccc21)c1cccs1. The molecule has 0 saturated heterocycles. The highest BCUT2D eigenvalue weighted by Gasteiger charge is 2.27. The molecule has 6 heteroatoms. The lowest BCUT2D eigenvalue weighted by Crippen LogP contribution is -2.38. The lowest BCUT2D eigenvalue weighted by Gasteiger charge is -2.31. The number of hydrogen-bond acceptors (Lipinski definition) is 4. The maximum atomic E-state index is 12.9. The second-order valence-corrected chi connectivity index (χ2v) is 6.95. The molecule has 2 heterocycles. The summed E-state index contributed by atoms with van der Waals surface area (Å²) in [5.74, 6) is -0.127. The van der Waals surface area contributed by atoms with Gasteiger partial charge in [-0.25, -0.2) is 0 Å². The highest BCUT2D eigenvalue weighted by molar-refractivity contribution is 7.10. The van der Waals surface area contributed by atoms with Crippen LogP contribution in [0.2, 0.25) is 0 Å². The van der Waals surface area contributed by atoms with Gasteiger partial charge in [0.15, 0.2) is 0 Å². The Bertz CT molecular complexity index is 743. The molecule has 3 rings (SSSR count). The van der Waals surface area contributed by atoms with Crippen molar-refractivity contribution >= 4 is 34.5 Å². The number of anilines is 2. The minimum atomic E-state index is -0.290. The molecular weight excluding hydrogens is 322 g/mol. The molecule has 3 N–H and O–H groups in total. The molecule has 2 amide bonds. The second kappa shape index (κ2) is 7.05. The molecule has 0 fully saturated rings. The number of nitrogen functional groups attached to an aromatic ring is 1. The molecule has 1 aromatic carbocycles. The first-order valence-electron chi connectivity index (χ1n) is 8.04. The predicted molar refractivity (Wildman–Crippen MR) is 97.0 cm³/mol. The monoisotopic (exact) mass is 343 g/mol. The van der Waals surface area contributed by atoms with Gasteiger partial charge in [-0.3, -0.25) is 9.59 Å². The molecule has 0 bridgehead atoms. The van der Waals surface area contributed by atoms with E-state index in [9.17, 15) is 9.59 Å². The van der Waals surface area contributed by atoms with Crippen molar-refractivity contribution in [2.24, 2.45) is 0 Å². The average Bonchev–Trinajstić information content (AvgIpc) is 3.08. The lowest BCUT2D eigenvalue weighted by molar-refractivity contribution is -0.121. The Hall–Kier alpha value is -2.34. The fourth-order valence-electron chi connectivity index (χ4n) is 3.15. The van der Waals surface area contributed by atoms with Gasteiger partial charge in [-0.05, 0) is 42.0 Å². The van der Waals surface area contributed by atoms with Crippen LogP contribution in [0.3, 0.4) is 0 Å². The molecule has 5 nitrogen and oxygen atoms in total. The first-order valence-corrected chi connectivity index (χ1v) is 8.92. The molecule has 0 saturated carbocycles. The topological polar surface area (TPSA) is 75.4 Å². The van der Waals surface area contributed by atoms with E-state index >= 15 is 0 Å². The third kappa shape index (κ3) is 3.43. The van der Waals surface area contributed by atoms with E-state index in [2.05, 4.69) is 5.32 Å². The highest BCUT2D eigenvalue weighted by atomic mass is 32.1. The van der Waals surface area contributed by atoms with Crippen LogP contribution in [-0.2, 0) is 16.0 Å². The van der Waals surface area contributed by atoms with Gasteiger partial charge in [0.25, 0.3) is 0 Å². The van der Waals surface area contributed by atoms with Gasteiger partial charge >= 0.3 is 0 Å². The summed E-state index contributed by atoms with van der Waals surface area (Å²) >= 11 is 1.54. The number of nitrogens with one attached hydrogen (secondary N) is 1. The fourth-order valence-corrected chi connectivity index (χ4v) is 3.93. The van der Waals surface area contributed by atoms with Crippen molar-refractivity contribution in [3.05, 3.63) is 46.2 Å². The number of hydrogen-bond donors (Lipinski definition) is 2. The van der Waals surface area contributed by atoms with Gasteiger partial charge in [-0.15, -0.1) is 11.3 Å². The summed E-state index contributed by atoms with van der Waals surface area (Å²) in [6.45, 7) is 2.16. The van der Waals surface area contributed by atoms with Crippen LogP contribution in [0.15, 0.2) is 35.7 Å². The van der Waals surface area contributed by atoms with Crippen LogP contribution >= 0.6 is 11.3 Å². The second-order valence-electron chi connectivity index (χ2n) is 5.97. The Labute approximate surface area is 145 Å². The van der Waals surface area contributed by atoms with Gasteiger partial charge in [0.2, 0.25) is 11.8 Å². The number of nitrogens with zero attached hydrogens (tertiary/aromatic N) is 1. The quantitative estimate of drug-likeness (QED) is 0.838. The fraction of sp³-hybridized carbons (Fsp3) is 0.333. The van der Waals surface area contributed by atoms with Crippen LogP contribution in [0, 0.1) is 0 Å². The van der Waals surface area contributed by atoms with E-state index < -0.39 is 0 Å². The zero-order valence-corrected chi connectivity index (χ0v) is 14.4. The van der Waals surface area contributed by atoms with Crippen molar-refractivity contribution in [1.82, 2.24) is 5.32 Å². The minimum absolute atomic E-state index is 0.00806. The van der Waals surface area contributed by atoms with Crippen LogP contribution in [0.4, 0.5) is 11.4 Å². The molecule has 1 aliphatic heterocycles. The summed E-state index contributed by atoms with van der Waals surface area (Å²) < 4.78 is 0. The molecule has 1 unspecified atom stereocenters. The lowest BCUT2D eigenvalue weighted by atomic mass is 9.99. The molecule has 0 spiro atoms. The van der Waals surface area contributed by atoms with E-state index in [0.717, 1.165) is 34.7 Å². The molecule has 0 radical (unpaired) electrons. The van der Waals surface area contributed by atoms with Crippen molar-refractivity contribution in [2.75, 3.05) is 17.2 Å². The molecular formula is C18H21N3O2S. The Morgan fingerprint density at radius 3 is 2.88 bits per heavy atom. The maximum absolute atomic E-state index is 12.9. The van der Waals surface area contributed by atoms with E-state index in [1.807, 2.05) is 35.7 Å². The van der Waals surface area contributed by atoms with Gasteiger partial charge in [0, 0.05) is 29.7 Å². The zero-order chi connectivity index (χ0) is 17.1. The molecule has 1 atom stereocenters. The van der Waals surface area contributed by atoms with Crippen molar-refractivity contribution in [1.29, 1.82) is 0 Å². The summed E-state index contributed by atoms with van der Waals surface area (Å²) in [6, 6.07) is 9.28. The van der Waals surface area contributed by atoms with Gasteiger partial charge in [-0.1, -0.05) is 12.1 Å². The number of fused-ring (bicyclic) bond motifs is 1. The normalized spacial score (nSPS) is 14.8. The van der Waals surface area contributed by atoms with E-state index in [1.165, 1.54) is 6.92 Å². The van der Waals surface area contributed by atoms with Crippen LogP contribution in [0.1, 0.15) is 36.2 Å². The van der Waals surface area contributed by atoms with Gasteiger partial charge in [0.05, 0.1) is 12.5 Å². The van der Waals surface area contributed by atoms with Gasteiger partial charge < -0.3 is 16.0 Å². The van der Waals surface area contributed by atoms with Crippen molar-refractivity contribution in [3.63, 3.8) is 0 Å². The first kappa shape index (κ1) is 16.5. The number of benzene rings is 1. The van der Waals surface area contributed by atoms with E-state index in [-0.39, 0.29) is 24.3 Å². The molecule has 0 aliphatic carbocycles. The van der Waals surface area contributed by atoms with E-state index in [4.69, 9.17) is 5.73 Å². The van der Waals surface area contributed by atoms with Gasteiger partial charge in [-0.2, -0.15) is 0 Å². The van der Waals surface area contributed by atoms with E-state index in [0.29, 0.717) is 6.54 Å². The number of nitrogens with two attached hydrogens (primary N) is 1. The van der Waals surface area contributed by atoms with E-state index in [1.54, 1.807) is 16.2 Å². The number of thiophene rings is 1. The predicted octanol–water partition coefficient (Wildman–Crippen LogP) is 2.88. The van der Waals surface area contributed by atoms with Crippen LogP contribution in [0.25, 0.3) is 0 Å². The smallest absolute Gasteiger partial charge is 0.229 e. The van der Waals surface area contributed by atoms with Crippen LogP contribution < -0.4 is 16.0 Å². The average molecular weight is 343 g/mol. The number of rotatable bonds is 4. The Morgan fingerprint density at radius 1 is 1.33 bits per heavy atom. The first-order chi connectivity index (χ1) is 11.6. The van der Waals surface area contributed by atoms with Gasteiger partial charge in [0.1, 0.15) is 0 Å². The van der Waals surface area contributed by atoms with Crippen LogP contribution in [0.5, 0.6) is 0 Å². The van der Waals surface area contributed by atoms with Crippen molar-refractivity contribution in [3.8, 4) is 0 Å². The minimum Gasteiger partial charge on any atom is -0.398 e. The van der Waals surface area contributed by atoms with Crippen molar-refractivity contribution in [2.45, 2.75) is 32.2 Å². The molecule has 1 aromatic heterocycles. The Kier molecular flexibility index (Phi) is 4.85. The molecule has 24 heavy (non-hydrogen) atoms.